The first kappa shape index (κ1) is 21.4. The van der Waals surface area contributed by atoms with Crippen LogP contribution in [0, 0.1) is 5.92 Å². The van der Waals surface area contributed by atoms with E-state index in [0.29, 0.717) is 5.91 Å². The van der Waals surface area contributed by atoms with Crippen molar-refractivity contribution in [2.45, 2.75) is 64.8 Å². The van der Waals surface area contributed by atoms with Crippen molar-refractivity contribution in [2.24, 2.45) is 16.8 Å². The average molecular weight is 389 g/mol. The quantitative estimate of drug-likeness (QED) is 0.403. The van der Waals surface area contributed by atoms with Gasteiger partial charge in [-0.1, -0.05) is 49.6 Å². The molecular weight excluding hydrogens is 356 g/mol. The smallest absolute Gasteiger partial charge is 0.225 e. The molecule has 1 aliphatic carbocycles. The Morgan fingerprint density at radius 2 is 1.93 bits per heavy atom. The molecule has 2 rings (SSSR count). The van der Waals surface area contributed by atoms with Crippen molar-refractivity contribution in [1.82, 2.24) is 10.3 Å². The number of carbonyl (C=O) groups excluding carboxylic acids is 1. The number of carbonyl (C=O) groups is 1. The van der Waals surface area contributed by atoms with Crippen LogP contribution in [0.1, 0.15) is 64.4 Å². The molecule has 148 valence electrons. The zero-order valence-electron chi connectivity index (χ0n) is 16.5. The number of amides is 1. The fourth-order valence-corrected chi connectivity index (χ4v) is 3.69. The van der Waals surface area contributed by atoms with Crippen molar-refractivity contribution in [3.8, 4) is 0 Å². The summed E-state index contributed by atoms with van der Waals surface area (Å²) >= 11 is 4.87. The topological polar surface area (TPSA) is 70.7 Å². The van der Waals surface area contributed by atoms with Gasteiger partial charge < -0.3 is 10.6 Å². The van der Waals surface area contributed by atoms with Gasteiger partial charge in [0.25, 0.3) is 0 Å². The SMILES string of the molecule is CC(C)N(CCCC(=NNC(N)=S)c1ccccc1)C(=O)C1CCCCC1. The summed E-state index contributed by atoms with van der Waals surface area (Å²) in [5.74, 6) is 0.531. The summed E-state index contributed by atoms with van der Waals surface area (Å²) in [5, 5.41) is 4.52. The molecule has 1 amide bonds. The lowest BCUT2D eigenvalue weighted by Crippen LogP contribution is -2.42. The Morgan fingerprint density at radius 1 is 1.26 bits per heavy atom. The molecule has 0 aromatic heterocycles. The molecule has 0 unspecified atom stereocenters. The molecule has 0 saturated heterocycles. The highest BCUT2D eigenvalue weighted by Crippen LogP contribution is 2.26. The van der Waals surface area contributed by atoms with E-state index in [2.05, 4.69) is 24.4 Å². The van der Waals surface area contributed by atoms with Crippen molar-refractivity contribution >= 4 is 28.9 Å². The van der Waals surface area contributed by atoms with Gasteiger partial charge >= 0.3 is 0 Å². The lowest BCUT2D eigenvalue weighted by atomic mass is 9.88. The Hall–Kier alpha value is -1.95. The third-order valence-electron chi connectivity index (χ3n) is 5.08. The highest BCUT2D eigenvalue weighted by molar-refractivity contribution is 7.80. The number of nitrogens with one attached hydrogen (secondary N) is 1. The molecule has 0 bridgehead atoms. The average Bonchev–Trinajstić information content (AvgIpc) is 2.68. The number of benzene rings is 1. The van der Waals surface area contributed by atoms with Crippen LogP contribution in [0.15, 0.2) is 35.4 Å². The summed E-state index contributed by atoms with van der Waals surface area (Å²) in [6.45, 7) is 4.94. The minimum Gasteiger partial charge on any atom is -0.375 e. The zero-order chi connectivity index (χ0) is 19.6. The van der Waals surface area contributed by atoms with Gasteiger partial charge in [0.05, 0.1) is 5.71 Å². The third kappa shape index (κ3) is 6.94. The molecule has 0 spiro atoms. The van der Waals surface area contributed by atoms with Crippen LogP contribution in [0.2, 0.25) is 0 Å². The fraction of sp³-hybridized carbons (Fsp3) is 0.571. The molecule has 5 nitrogen and oxygen atoms in total. The van der Waals surface area contributed by atoms with Crippen molar-refractivity contribution in [3.05, 3.63) is 35.9 Å². The first-order valence-corrected chi connectivity index (χ1v) is 10.4. The van der Waals surface area contributed by atoms with Crippen molar-refractivity contribution in [1.29, 1.82) is 0 Å². The normalized spacial score (nSPS) is 15.6. The molecule has 0 aliphatic heterocycles. The molecule has 1 aliphatic rings. The molecule has 1 aromatic carbocycles. The van der Waals surface area contributed by atoms with Crippen molar-refractivity contribution in [3.63, 3.8) is 0 Å². The summed E-state index contributed by atoms with van der Waals surface area (Å²) in [4.78, 5) is 15.0. The summed E-state index contributed by atoms with van der Waals surface area (Å²) in [7, 11) is 0. The van der Waals surface area contributed by atoms with Gasteiger partial charge in [-0.2, -0.15) is 5.10 Å². The predicted molar refractivity (Wildman–Crippen MR) is 116 cm³/mol. The second kappa shape index (κ2) is 11.0. The van der Waals surface area contributed by atoms with E-state index in [0.717, 1.165) is 43.5 Å². The zero-order valence-corrected chi connectivity index (χ0v) is 17.3. The molecule has 27 heavy (non-hydrogen) atoms. The number of nitrogens with zero attached hydrogens (tertiary/aromatic N) is 2. The molecule has 0 heterocycles. The lowest BCUT2D eigenvalue weighted by Gasteiger charge is -2.32. The largest absolute Gasteiger partial charge is 0.375 e. The number of hydrazone groups is 1. The number of hydrogen-bond acceptors (Lipinski definition) is 3. The maximum Gasteiger partial charge on any atom is 0.225 e. The van der Waals surface area contributed by atoms with E-state index in [-0.39, 0.29) is 17.1 Å². The summed E-state index contributed by atoms with van der Waals surface area (Å²) in [6.07, 6.45) is 7.30. The van der Waals surface area contributed by atoms with Gasteiger partial charge in [0.15, 0.2) is 5.11 Å². The minimum absolute atomic E-state index is 0.153. The number of thiocarbonyl (C=S) groups is 1. The van der Waals surface area contributed by atoms with Crippen LogP contribution >= 0.6 is 12.2 Å². The molecule has 1 saturated carbocycles. The lowest BCUT2D eigenvalue weighted by molar-refractivity contribution is -0.138. The maximum atomic E-state index is 13.0. The van der Waals surface area contributed by atoms with Gasteiger partial charge in [0, 0.05) is 18.5 Å². The fourth-order valence-electron chi connectivity index (χ4n) is 3.64. The van der Waals surface area contributed by atoms with E-state index >= 15 is 0 Å². The van der Waals surface area contributed by atoms with E-state index in [9.17, 15) is 4.79 Å². The van der Waals surface area contributed by atoms with Crippen LogP contribution < -0.4 is 11.2 Å². The first-order chi connectivity index (χ1) is 13.0. The van der Waals surface area contributed by atoms with E-state index in [1.807, 2.05) is 35.2 Å². The van der Waals surface area contributed by atoms with Crippen LogP contribution in [0.25, 0.3) is 0 Å². The van der Waals surface area contributed by atoms with Crippen LogP contribution in [-0.2, 0) is 4.79 Å². The standard InChI is InChI=1S/C21H32N4OS/c1-16(2)25(20(26)18-12-7-4-8-13-18)15-9-14-19(23-24-21(22)27)17-10-5-3-6-11-17/h3,5-6,10-11,16,18H,4,7-9,12-15H2,1-2H3,(H3,22,24,27). The van der Waals surface area contributed by atoms with Gasteiger partial charge in [-0.15, -0.1) is 0 Å². The number of rotatable bonds is 8. The van der Waals surface area contributed by atoms with Crippen LogP contribution in [-0.4, -0.2) is 34.2 Å². The van der Waals surface area contributed by atoms with Crippen molar-refractivity contribution in [2.75, 3.05) is 6.54 Å². The maximum absolute atomic E-state index is 13.0. The Balaban J connectivity index is 1.98. The Labute approximate surface area is 168 Å². The van der Waals surface area contributed by atoms with Gasteiger partial charge in [-0.3, -0.25) is 10.2 Å². The third-order valence-corrected chi connectivity index (χ3v) is 5.17. The monoisotopic (exact) mass is 388 g/mol. The molecule has 6 heteroatoms. The molecule has 1 aromatic rings. The second-order valence-electron chi connectivity index (χ2n) is 7.46. The summed E-state index contributed by atoms with van der Waals surface area (Å²) in [6, 6.07) is 10.2. The Morgan fingerprint density at radius 3 is 2.52 bits per heavy atom. The van der Waals surface area contributed by atoms with Crippen LogP contribution in [0.5, 0.6) is 0 Å². The van der Waals surface area contributed by atoms with E-state index in [4.69, 9.17) is 18.0 Å². The Kier molecular flexibility index (Phi) is 8.72. The highest BCUT2D eigenvalue weighted by atomic mass is 32.1. The van der Waals surface area contributed by atoms with E-state index in [1.165, 1.54) is 19.3 Å². The summed E-state index contributed by atoms with van der Waals surface area (Å²) in [5.41, 5.74) is 10.2. The van der Waals surface area contributed by atoms with E-state index in [1.54, 1.807) is 0 Å². The van der Waals surface area contributed by atoms with Crippen LogP contribution in [0.3, 0.4) is 0 Å². The highest BCUT2D eigenvalue weighted by Gasteiger charge is 2.27. The van der Waals surface area contributed by atoms with E-state index < -0.39 is 0 Å². The first-order valence-electron chi connectivity index (χ1n) is 9.97. The number of hydrogen-bond donors (Lipinski definition) is 2. The summed E-state index contributed by atoms with van der Waals surface area (Å²) < 4.78 is 0. The second-order valence-corrected chi connectivity index (χ2v) is 7.90. The Bertz CT molecular complexity index is 639. The molecular formula is C21H32N4OS. The molecule has 0 radical (unpaired) electrons. The van der Waals surface area contributed by atoms with Crippen LogP contribution in [0.4, 0.5) is 0 Å². The van der Waals surface area contributed by atoms with Gasteiger partial charge in [-0.25, -0.2) is 0 Å². The minimum atomic E-state index is 0.153. The molecule has 0 atom stereocenters. The van der Waals surface area contributed by atoms with Gasteiger partial charge in [-0.05, 0) is 57.3 Å². The van der Waals surface area contributed by atoms with Crippen molar-refractivity contribution < 1.29 is 4.79 Å². The predicted octanol–water partition coefficient (Wildman–Crippen LogP) is 3.82. The van der Waals surface area contributed by atoms with Gasteiger partial charge in [0.2, 0.25) is 5.91 Å². The molecule has 3 N–H and O–H groups in total. The molecule has 1 fully saturated rings. The van der Waals surface area contributed by atoms with Gasteiger partial charge in [0.1, 0.15) is 0 Å². The number of nitrogens with two attached hydrogens (primary N) is 1.